The highest BCUT2D eigenvalue weighted by Crippen LogP contribution is 2.37. The molecule has 2 aromatic carbocycles. The number of nitriles is 1. The summed E-state index contributed by atoms with van der Waals surface area (Å²) in [6, 6.07) is 13.0. The van der Waals surface area contributed by atoms with Crippen molar-refractivity contribution < 1.29 is 14.3 Å². The number of carbonyl (C=O) groups is 1. The number of benzene rings is 2. The topological polar surface area (TPSA) is 71.3 Å². The van der Waals surface area contributed by atoms with Crippen molar-refractivity contribution in [3.63, 3.8) is 0 Å². The highest BCUT2D eigenvalue weighted by Gasteiger charge is 2.14. The van der Waals surface area contributed by atoms with Crippen molar-refractivity contribution in [2.24, 2.45) is 0 Å². The van der Waals surface area contributed by atoms with Gasteiger partial charge in [0, 0.05) is 5.69 Å². The number of anilines is 1. The highest BCUT2D eigenvalue weighted by atomic mass is 79.9. The average molecular weight is 471 g/mol. The number of hydrogen-bond acceptors (Lipinski definition) is 4. The van der Waals surface area contributed by atoms with Gasteiger partial charge in [-0.05, 0) is 70.7 Å². The van der Waals surface area contributed by atoms with Crippen molar-refractivity contribution in [2.75, 3.05) is 19.0 Å². The molecule has 2 aromatic rings. The van der Waals surface area contributed by atoms with E-state index in [9.17, 15) is 10.1 Å². The Morgan fingerprint density at radius 1 is 1.23 bits per heavy atom. The Bertz CT molecular complexity index is 948. The lowest BCUT2D eigenvalue weighted by molar-refractivity contribution is -0.112. The van der Waals surface area contributed by atoms with E-state index in [0.717, 1.165) is 18.4 Å². The molecule has 0 bridgehead atoms. The van der Waals surface area contributed by atoms with Gasteiger partial charge in [-0.25, -0.2) is 0 Å². The molecule has 0 saturated carbocycles. The molecule has 5 nitrogen and oxygen atoms in total. The Hall–Kier alpha value is -2.78. The summed E-state index contributed by atoms with van der Waals surface area (Å²) in [6.07, 6.45) is 5.99. The third kappa shape index (κ3) is 6.93. The molecule has 1 N–H and O–H groups in total. The van der Waals surface area contributed by atoms with Crippen LogP contribution in [0.25, 0.3) is 6.08 Å². The van der Waals surface area contributed by atoms with E-state index in [1.165, 1.54) is 18.9 Å². The monoisotopic (exact) mass is 470 g/mol. The van der Waals surface area contributed by atoms with Crippen molar-refractivity contribution in [1.82, 2.24) is 0 Å². The van der Waals surface area contributed by atoms with Crippen molar-refractivity contribution in [3.05, 3.63) is 57.6 Å². The quantitative estimate of drug-likeness (QED) is 0.252. The summed E-state index contributed by atoms with van der Waals surface area (Å²) < 4.78 is 12.1. The maximum absolute atomic E-state index is 12.5. The van der Waals surface area contributed by atoms with Crippen LogP contribution in [-0.4, -0.2) is 19.6 Å². The van der Waals surface area contributed by atoms with Crippen LogP contribution in [0.15, 0.2) is 46.4 Å². The van der Waals surface area contributed by atoms with Crippen LogP contribution < -0.4 is 14.8 Å². The van der Waals surface area contributed by atoms with Crippen LogP contribution in [0.5, 0.6) is 11.5 Å². The molecule has 2 rings (SSSR count). The molecule has 0 aliphatic rings. The number of unbranched alkanes of at least 4 members (excludes halogenated alkanes) is 3. The van der Waals surface area contributed by atoms with Gasteiger partial charge in [-0.3, -0.25) is 4.79 Å². The zero-order valence-corrected chi connectivity index (χ0v) is 19.2. The van der Waals surface area contributed by atoms with Gasteiger partial charge in [-0.2, -0.15) is 5.26 Å². The lowest BCUT2D eigenvalue weighted by atomic mass is 10.1. The third-order valence-electron chi connectivity index (χ3n) is 4.45. The van der Waals surface area contributed by atoms with Gasteiger partial charge in [0.2, 0.25) is 0 Å². The normalized spacial score (nSPS) is 11.0. The van der Waals surface area contributed by atoms with Gasteiger partial charge in [0.1, 0.15) is 11.6 Å². The van der Waals surface area contributed by atoms with Crippen molar-refractivity contribution in [2.45, 2.75) is 39.5 Å². The molecule has 0 heterocycles. The minimum absolute atomic E-state index is 0.00121. The van der Waals surface area contributed by atoms with Crippen molar-refractivity contribution in [3.8, 4) is 17.6 Å². The molecule has 0 spiro atoms. The summed E-state index contributed by atoms with van der Waals surface area (Å²) in [5, 5.41) is 12.2. The van der Waals surface area contributed by atoms with Gasteiger partial charge >= 0.3 is 0 Å². The van der Waals surface area contributed by atoms with E-state index in [4.69, 9.17) is 9.47 Å². The van der Waals surface area contributed by atoms with E-state index in [-0.39, 0.29) is 5.57 Å². The number of methoxy groups -OCH3 is 1. The molecular formula is C24H27BrN2O3. The van der Waals surface area contributed by atoms with Crippen LogP contribution >= 0.6 is 15.9 Å². The van der Waals surface area contributed by atoms with Crippen LogP contribution in [0.1, 0.15) is 43.7 Å². The number of rotatable bonds is 10. The first-order valence-electron chi connectivity index (χ1n) is 9.98. The fraction of sp³-hybridized carbons (Fsp3) is 0.333. The standard InChI is InChI=1S/C24H27BrN2O3/c1-4-5-6-7-11-30-23-21(25)14-18(15-22(23)29-3)13-19(16-26)24(28)27-20-10-8-9-17(2)12-20/h8-10,12-15H,4-7,11H2,1-3H3,(H,27,28)/b19-13+. The molecule has 0 aliphatic heterocycles. The minimum atomic E-state index is -0.463. The predicted molar refractivity (Wildman–Crippen MR) is 124 cm³/mol. The highest BCUT2D eigenvalue weighted by molar-refractivity contribution is 9.10. The minimum Gasteiger partial charge on any atom is -0.493 e. The maximum Gasteiger partial charge on any atom is 0.266 e. The molecule has 1 amide bonds. The molecule has 0 fully saturated rings. The zero-order valence-electron chi connectivity index (χ0n) is 17.6. The Labute approximate surface area is 186 Å². The molecule has 0 atom stereocenters. The van der Waals surface area contributed by atoms with E-state index in [1.807, 2.05) is 31.2 Å². The summed E-state index contributed by atoms with van der Waals surface area (Å²) in [6.45, 7) is 4.71. The van der Waals surface area contributed by atoms with Crippen molar-refractivity contribution >= 4 is 33.6 Å². The fourth-order valence-corrected chi connectivity index (χ4v) is 3.48. The summed E-state index contributed by atoms with van der Waals surface area (Å²) in [5.41, 5.74) is 2.33. The van der Waals surface area contributed by atoms with E-state index >= 15 is 0 Å². The predicted octanol–water partition coefficient (Wildman–Crippen LogP) is 6.27. The number of aryl methyl sites for hydroxylation is 1. The first-order chi connectivity index (χ1) is 14.5. The number of amides is 1. The van der Waals surface area contributed by atoms with E-state index in [1.54, 1.807) is 25.3 Å². The molecule has 6 heteroatoms. The molecular weight excluding hydrogens is 444 g/mol. The lowest BCUT2D eigenvalue weighted by Crippen LogP contribution is -2.13. The van der Waals surface area contributed by atoms with Gasteiger partial charge < -0.3 is 14.8 Å². The summed E-state index contributed by atoms with van der Waals surface area (Å²) in [7, 11) is 1.56. The van der Waals surface area contributed by atoms with Gasteiger partial charge in [-0.15, -0.1) is 0 Å². The van der Waals surface area contributed by atoms with E-state index in [2.05, 4.69) is 28.2 Å². The average Bonchev–Trinajstić information content (AvgIpc) is 2.72. The van der Waals surface area contributed by atoms with Crippen LogP contribution in [0.2, 0.25) is 0 Å². The third-order valence-corrected chi connectivity index (χ3v) is 5.04. The molecule has 158 valence electrons. The second-order valence-corrected chi connectivity index (χ2v) is 7.79. The Morgan fingerprint density at radius 2 is 2.03 bits per heavy atom. The lowest BCUT2D eigenvalue weighted by Gasteiger charge is -2.14. The van der Waals surface area contributed by atoms with Crippen LogP contribution in [0.3, 0.4) is 0 Å². The molecule has 0 saturated heterocycles. The first kappa shape index (κ1) is 23.5. The molecule has 0 unspecified atom stereocenters. The second kappa shape index (κ2) is 12.0. The Balaban J connectivity index is 2.18. The van der Waals surface area contributed by atoms with Crippen molar-refractivity contribution in [1.29, 1.82) is 5.26 Å². The van der Waals surface area contributed by atoms with Gasteiger partial charge in [-0.1, -0.05) is 38.3 Å². The summed E-state index contributed by atoms with van der Waals surface area (Å²) in [4.78, 5) is 12.5. The van der Waals surface area contributed by atoms with Crippen LogP contribution in [0, 0.1) is 18.3 Å². The SMILES string of the molecule is CCCCCCOc1c(Br)cc(/C=C(\C#N)C(=O)Nc2cccc(C)c2)cc1OC. The summed E-state index contributed by atoms with van der Waals surface area (Å²) in [5.74, 6) is 0.700. The number of hydrogen-bond donors (Lipinski definition) is 1. The Morgan fingerprint density at radius 3 is 2.70 bits per heavy atom. The molecule has 0 aliphatic carbocycles. The van der Waals surface area contributed by atoms with Crippen LogP contribution in [-0.2, 0) is 4.79 Å². The molecule has 30 heavy (non-hydrogen) atoms. The van der Waals surface area contributed by atoms with Gasteiger partial charge in [0.25, 0.3) is 5.91 Å². The first-order valence-corrected chi connectivity index (χ1v) is 10.8. The maximum atomic E-state index is 12.5. The summed E-state index contributed by atoms with van der Waals surface area (Å²) >= 11 is 3.51. The smallest absolute Gasteiger partial charge is 0.266 e. The van der Waals surface area contributed by atoms with Gasteiger partial charge in [0.15, 0.2) is 11.5 Å². The fourth-order valence-electron chi connectivity index (χ4n) is 2.90. The number of halogens is 1. The number of ether oxygens (including phenoxy) is 2. The Kier molecular flexibility index (Phi) is 9.43. The van der Waals surface area contributed by atoms with Gasteiger partial charge in [0.05, 0.1) is 18.2 Å². The number of nitrogens with one attached hydrogen (secondary N) is 1. The second-order valence-electron chi connectivity index (χ2n) is 6.94. The van der Waals surface area contributed by atoms with E-state index in [0.29, 0.717) is 33.8 Å². The zero-order chi connectivity index (χ0) is 21.9. The molecule has 0 radical (unpaired) electrons. The largest absolute Gasteiger partial charge is 0.493 e. The van der Waals surface area contributed by atoms with E-state index < -0.39 is 5.91 Å². The molecule has 0 aromatic heterocycles. The number of carbonyl (C=O) groups excluding carboxylic acids is 1. The number of nitrogens with zero attached hydrogens (tertiary/aromatic N) is 1. The van der Waals surface area contributed by atoms with Crippen LogP contribution in [0.4, 0.5) is 5.69 Å².